The van der Waals surface area contributed by atoms with Crippen LogP contribution in [0.2, 0.25) is 0 Å². The molecule has 0 aliphatic heterocycles. The number of halogens is 2. The van der Waals surface area contributed by atoms with E-state index in [-0.39, 0.29) is 17.8 Å². The zero-order chi connectivity index (χ0) is 12.3. The highest BCUT2D eigenvalue weighted by atomic mass is 19.3. The van der Waals surface area contributed by atoms with E-state index >= 15 is 0 Å². The van der Waals surface area contributed by atoms with Gasteiger partial charge in [-0.3, -0.25) is 0 Å². The monoisotopic (exact) mass is 242 g/mol. The molecule has 2 rings (SSSR count). The second-order valence-electron chi connectivity index (χ2n) is 3.78. The van der Waals surface area contributed by atoms with Gasteiger partial charge < -0.3 is 15.4 Å². The molecular weight excluding hydrogens is 230 g/mol. The lowest BCUT2D eigenvalue weighted by atomic mass is 10.3. The van der Waals surface area contributed by atoms with E-state index in [0.29, 0.717) is 5.69 Å². The van der Waals surface area contributed by atoms with Crippen LogP contribution in [0.5, 0.6) is 5.75 Å². The normalized spacial score (nSPS) is 14.5. The number of carbonyl (C=O) groups excluding carboxylic acids is 1. The first kappa shape index (κ1) is 11.6. The van der Waals surface area contributed by atoms with E-state index in [0.717, 1.165) is 12.8 Å². The van der Waals surface area contributed by atoms with Crippen LogP contribution in [0.4, 0.5) is 19.3 Å². The summed E-state index contributed by atoms with van der Waals surface area (Å²) in [6.45, 7) is -2.87. The Hall–Kier alpha value is -1.85. The lowest BCUT2D eigenvalue weighted by Crippen LogP contribution is -2.30. The Bertz CT molecular complexity index is 408. The SMILES string of the molecule is O=C(Nc1cccc(OC(F)F)c1)NC1CC1. The van der Waals surface area contributed by atoms with Crippen molar-refractivity contribution >= 4 is 11.7 Å². The average molecular weight is 242 g/mol. The summed E-state index contributed by atoms with van der Waals surface area (Å²) in [7, 11) is 0. The maximum atomic E-state index is 12.0. The van der Waals surface area contributed by atoms with Crippen molar-refractivity contribution in [2.45, 2.75) is 25.5 Å². The van der Waals surface area contributed by atoms with Crippen LogP contribution in [-0.2, 0) is 0 Å². The molecule has 0 saturated heterocycles. The summed E-state index contributed by atoms with van der Waals surface area (Å²) in [5.41, 5.74) is 0.418. The Morgan fingerprint density at radius 2 is 2.18 bits per heavy atom. The maximum Gasteiger partial charge on any atom is 0.387 e. The van der Waals surface area contributed by atoms with Crippen molar-refractivity contribution in [1.82, 2.24) is 5.32 Å². The van der Waals surface area contributed by atoms with E-state index in [1.54, 1.807) is 6.07 Å². The molecule has 0 heterocycles. The van der Waals surface area contributed by atoms with Crippen LogP contribution in [0.15, 0.2) is 24.3 Å². The molecule has 2 amide bonds. The van der Waals surface area contributed by atoms with E-state index in [1.165, 1.54) is 18.2 Å². The zero-order valence-corrected chi connectivity index (χ0v) is 8.95. The summed E-state index contributed by atoms with van der Waals surface area (Å²) in [5.74, 6) is 0.0178. The molecule has 1 aliphatic rings. The first-order valence-electron chi connectivity index (χ1n) is 5.26. The molecule has 0 unspecified atom stereocenters. The fourth-order valence-electron chi connectivity index (χ4n) is 1.33. The summed E-state index contributed by atoms with van der Waals surface area (Å²) in [6, 6.07) is 5.79. The van der Waals surface area contributed by atoms with Crippen LogP contribution in [-0.4, -0.2) is 18.7 Å². The number of rotatable bonds is 4. The molecule has 2 N–H and O–H groups in total. The van der Waals surface area contributed by atoms with Crippen LogP contribution in [0.25, 0.3) is 0 Å². The van der Waals surface area contributed by atoms with Gasteiger partial charge in [-0.05, 0) is 25.0 Å². The average Bonchev–Trinajstić information content (AvgIpc) is 3.00. The number of carbonyl (C=O) groups is 1. The van der Waals surface area contributed by atoms with Gasteiger partial charge in [0.05, 0.1) is 0 Å². The fourth-order valence-corrected chi connectivity index (χ4v) is 1.33. The molecule has 4 nitrogen and oxygen atoms in total. The van der Waals surface area contributed by atoms with Crippen LogP contribution in [0, 0.1) is 0 Å². The fraction of sp³-hybridized carbons (Fsp3) is 0.364. The second kappa shape index (κ2) is 4.99. The molecule has 1 fully saturated rings. The van der Waals surface area contributed by atoms with Crippen molar-refractivity contribution in [2.24, 2.45) is 0 Å². The van der Waals surface area contributed by atoms with Gasteiger partial charge in [0.25, 0.3) is 0 Å². The molecular formula is C11H12F2N2O2. The number of nitrogens with one attached hydrogen (secondary N) is 2. The summed E-state index contributed by atoms with van der Waals surface area (Å²) in [4.78, 5) is 11.4. The summed E-state index contributed by atoms with van der Waals surface area (Å²) in [5, 5.41) is 5.28. The molecule has 92 valence electrons. The first-order valence-corrected chi connectivity index (χ1v) is 5.26. The predicted molar refractivity (Wildman–Crippen MR) is 58.3 cm³/mol. The molecule has 0 atom stereocenters. The van der Waals surface area contributed by atoms with Crippen LogP contribution in [0.1, 0.15) is 12.8 Å². The highest BCUT2D eigenvalue weighted by Crippen LogP contribution is 2.21. The van der Waals surface area contributed by atoms with Crippen molar-refractivity contribution in [1.29, 1.82) is 0 Å². The molecule has 1 saturated carbocycles. The zero-order valence-electron chi connectivity index (χ0n) is 8.95. The molecule has 0 aromatic heterocycles. The highest BCUT2D eigenvalue weighted by Gasteiger charge is 2.23. The lowest BCUT2D eigenvalue weighted by molar-refractivity contribution is -0.0497. The standard InChI is InChI=1S/C11H12F2N2O2/c12-10(13)17-9-3-1-2-8(6-9)15-11(16)14-7-4-5-7/h1-3,6-7,10H,4-5H2,(H2,14,15,16). The Morgan fingerprint density at radius 3 is 2.82 bits per heavy atom. The van der Waals surface area contributed by atoms with Crippen LogP contribution >= 0.6 is 0 Å². The third-order valence-corrected chi connectivity index (χ3v) is 2.23. The number of benzene rings is 1. The number of ether oxygens (including phenoxy) is 1. The summed E-state index contributed by atoms with van der Waals surface area (Å²) in [6.07, 6.45) is 1.98. The lowest BCUT2D eigenvalue weighted by Gasteiger charge is -2.08. The van der Waals surface area contributed by atoms with Crippen molar-refractivity contribution in [3.63, 3.8) is 0 Å². The largest absolute Gasteiger partial charge is 0.435 e. The molecule has 1 aromatic carbocycles. The van der Waals surface area contributed by atoms with Gasteiger partial charge in [-0.15, -0.1) is 0 Å². The van der Waals surface area contributed by atoms with E-state index in [9.17, 15) is 13.6 Å². The number of hydrogen-bond donors (Lipinski definition) is 2. The predicted octanol–water partition coefficient (Wildman–Crippen LogP) is 2.57. The topological polar surface area (TPSA) is 50.4 Å². The quantitative estimate of drug-likeness (QED) is 0.852. The Kier molecular flexibility index (Phi) is 3.41. The van der Waals surface area contributed by atoms with Crippen LogP contribution < -0.4 is 15.4 Å². The smallest absolute Gasteiger partial charge is 0.387 e. The van der Waals surface area contributed by atoms with Gasteiger partial charge in [0.2, 0.25) is 0 Å². The van der Waals surface area contributed by atoms with Gasteiger partial charge in [0, 0.05) is 17.8 Å². The number of hydrogen-bond acceptors (Lipinski definition) is 2. The van der Waals surface area contributed by atoms with Crippen molar-refractivity contribution in [2.75, 3.05) is 5.32 Å². The van der Waals surface area contributed by atoms with E-state index in [4.69, 9.17) is 0 Å². The Morgan fingerprint density at radius 1 is 1.41 bits per heavy atom. The van der Waals surface area contributed by atoms with E-state index < -0.39 is 6.61 Å². The van der Waals surface area contributed by atoms with E-state index in [1.807, 2.05) is 0 Å². The first-order chi connectivity index (χ1) is 8.13. The molecule has 0 radical (unpaired) electrons. The minimum atomic E-state index is -2.87. The Balaban J connectivity index is 1.92. The Labute approximate surface area is 97.0 Å². The third-order valence-electron chi connectivity index (χ3n) is 2.23. The van der Waals surface area contributed by atoms with Gasteiger partial charge in [-0.2, -0.15) is 8.78 Å². The van der Waals surface area contributed by atoms with Gasteiger partial charge >= 0.3 is 12.6 Å². The minimum absolute atomic E-state index is 0.0178. The molecule has 6 heteroatoms. The third kappa shape index (κ3) is 3.90. The number of amides is 2. The highest BCUT2D eigenvalue weighted by molar-refractivity contribution is 5.89. The van der Waals surface area contributed by atoms with Gasteiger partial charge in [0.1, 0.15) is 5.75 Å². The minimum Gasteiger partial charge on any atom is -0.435 e. The molecule has 0 bridgehead atoms. The van der Waals surface area contributed by atoms with Crippen LogP contribution in [0.3, 0.4) is 0 Å². The molecule has 1 aromatic rings. The van der Waals surface area contributed by atoms with Crippen molar-refractivity contribution in [3.05, 3.63) is 24.3 Å². The second-order valence-corrected chi connectivity index (χ2v) is 3.78. The van der Waals surface area contributed by atoms with Gasteiger partial charge in [0.15, 0.2) is 0 Å². The van der Waals surface area contributed by atoms with Crippen molar-refractivity contribution in [3.8, 4) is 5.75 Å². The van der Waals surface area contributed by atoms with Gasteiger partial charge in [-0.25, -0.2) is 4.79 Å². The molecule has 0 spiro atoms. The summed E-state index contributed by atoms with van der Waals surface area (Å²) < 4.78 is 28.2. The van der Waals surface area contributed by atoms with Gasteiger partial charge in [-0.1, -0.05) is 6.07 Å². The number of anilines is 1. The van der Waals surface area contributed by atoms with Crippen molar-refractivity contribution < 1.29 is 18.3 Å². The van der Waals surface area contributed by atoms with E-state index in [2.05, 4.69) is 15.4 Å². The number of urea groups is 1. The molecule has 1 aliphatic carbocycles. The summed E-state index contributed by atoms with van der Waals surface area (Å²) >= 11 is 0. The number of alkyl halides is 2. The maximum absolute atomic E-state index is 12.0. The molecule has 17 heavy (non-hydrogen) atoms.